The Morgan fingerprint density at radius 1 is 1.17 bits per heavy atom. The maximum Gasteiger partial charge on any atom is 0.295 e. The summed E-state index contributed by atoms with van der Waals surface area (Å²) >= 11 is 6.22. The lowest BCUT2D eigenvalue weighted by atomic mass is 9.95. The number of halogens is 1. The molecule has 2 aromatic rings. The van der Waals surface area contributed by atoms with Crippen molar-refractivity contribution in [2.45, 2.75) is 12.5 Å². The quantitative estimate of drug-likeness (QED) is 0.186. The van der Waals surface area contributed by atoms with Crippen LogP contribution < -0.4 is 4.74 Å². The van der Waals surface area contributed by atoms with E-state index in [1.807, 2.05) is 0 Å². The average molecular weight is 516 g/mol. The van der Waals surface area contributed by atoms with Gasteiger partial charge in [0.25, 0.3) is 17.4 Å². The summed E-state index contributed by atoms with van der Waals surface area (Å²) in [5.41, 5.74) is 0.512. The van der Waals surface area contributed by atoms with E-state index >= 15 is 0 Å². The Kier molecular flexibility index (Phi) is 7.88. The fourth-order valence-corrected chi connectivity index (χ4v) is 4.75. The van der Waals surface area contributed by atoms with E-state index in [1.54, 1.807) is 12.1 Å². The van der Waals surface area contributed by atoms with Crippen LogP contribution in [0, 0.1) is 10.1 Å². The lowest BCUT2D eigenvalue weighted by Crippen LogP contribution is -2.38. The molecular formula is C25H26ClN3O7. The molecule has 0 aromatic heterocycles. The summed E-state index contributed by atoms with van der Waals surface area (Å²) in [5.74, 6) is -1.55. The molecule has 2 aromatic carbocycles. The summed E-state index contributed by atoms with van der Waals surface area (Å²) in [4.78, 5) is 40.5. The van der Waals surface area contributed by atoms with Gasteiger partial charge in [0.05, 0.1) is 41.9 Å². The Morgan fingerprint density at radius 2 is 1.86 bits per heavy atom. The number of likely N-dealkylation sites (tertiary alicyclic amines) is 1. The van der Waals surface area contributed by atoms with Crippen LogP contribution in [0.15, 0.2) is 48.0 Å². The minimum Gasteiger partial charge on any atom is -0.507 e. The molecule has 0 aliphatic carbocycles. The van der Waals surface area contributed by atoms with Crippen molar-refractivity contribution in [2.75, 3.05) is 46.5 Å². The molecule has 0 saturated carbocycles. The number of nitro groups is 1. The van der Waals surface area contributed by atoms with Gasteiger partial charge in [-0.2, -0.15) is 0 Å². The van der Waals surface area contributed by atoms with Crippen molar-refractivity contribution in [3.63, 3.8) is 0 Å². The molecule has 0 spiro atoms. The van der Waals surface area contributed by atoms with E-state index in [9.17, 15) is 24.8 Å². The second-order valence-corrected chi connectivity index (χ2v) is 8.91. The average Bonchev–Trinajstić information content (AvgIpc) is 3.14. The number of aliphatic hydroxyl groups is 1. The molecule has 0 radical (unpaired) electrons. The van der Waals surface area contributed by atoms with Gasteiger partial charge in [0.2, 0.25) is 0 Å². The number of ether oxygens (including phenoxy) is 2. The first-order chi connectivity index (χ1) is 17.3. The number of rotatable bonds is 8. The summed E-state index contributed by atoms with van der Waals surface area (Å²) in [6.07, 6.45) is 0.602. The van der Waals surface area contributed by atoms with Crippen LogP contribution in [0.4, 0.5) is 5.69 Å². The highest BCUT2D eigenvalue weighted by Gasteiger charge is 2.46. The second-order valence-electron chi connectivity index (χ2n) is 8.50. The zero-order valence-corrected chi connectivity index (χ0v) is 20.4. The van der Waals surface area contributed by atoms with Crippen molar-refractivity contribution < 1.29 is 29.1 Å². The highest BCUT2D eigenvalue weighted by atomic mass is 35.5. The number of hydrogen-bond acceptors (Lipinski definition) is 8. The maximum atomic E-state index is 13.2. The Balaban J connectivity index is 1.70. The molecule has 190 valence electrons. The van der Waals surface area contributed by atoms with E-state index < -0.39 is 22.7 Å². The van der Waals surface area contributed by atoms with Crippen LogP contribution in [0.2, 0.25) is 5.02 Å². The minimum absolute atomic E-state index is 0.0959. The normalized spacial score (nSPS) is 20.1. The Morgan fingerprint density at radius 3 is 2.47 bits per heavy atom. The van der Waals surface area contributed by atoms with Gasteiger partial charge in [0, 0.05) is 43.9 Å². The lowest BCUT2D eigenvalue weighted by molar-refractivity contribution is -0.384. The summed E-state index contributed by atoms with van der Waals surface area (Å²) in [5, 5.41) is 22.5. The largest absolute Gasteiger partial charge is 0.507 e. The first kappa shape index (κ1) is 25.6. The molecule has 2 saturated heterocycles. The predicted molar refractivity (Wildman–Crippen MR) is 132 cm³/mol. The van der Waals surface area contributed by atoms with Gasteiger partial charge in [-0.15, -0.1) is 0 Å². The highest BCUT2D eigenvalue weighted by molar-refractivity contribution is 6.46. The standard InChI is InChI=1S/C25H26ClN3O7/c1-35-20-8-5-17(15-19(20)26)23(30)21-22(16-3-6-18(7-4-16)29(33)34)28(25(32)24(21)31)10-2-9-27-11-13-36-14-12-27/h3-8,15,22,30H,2,9-14H2,1H3/t22-/m0/s1. The molecule has 11 heteroatoms. The number of nitro benzene ring substituents is 1. The number of methoxy groups -OCH3 is 1. The smallest absolute Gasteiger partial charge is 0.295 e. The number of Topliss-reactive ketones (excluding diaryl/α,β-unsaturated/α-hetero) is 1. The third-order valence-electron chi connectivity index (χ3n) is 6.36. The number of benzene rings is 2. The van der Waals surface area contributed by atoms with Crippen LogP contribution in [-0.2, 0) is 14.3 Å². The van der Waals surface area contributed by atoms with Crippen LogP contribution in [0.1, 0.15) is 23.6 Å². The van der Waals surface area contributed by atoms with Crippen molar-refractivity contribution in [2.24, 2.45) is 0 Å². The maximum absolute atomic E-state index is 13.2. The molecule has 0 unspecified atom stereocenters. The van der Waals surface area contributed by atoms with E-state index in [1.165, 1.54) is 42.3 Å². The minimum atomic E-state index is -0.906. The van der Waals surface area contributed by atoms with Gasteiger partial charge in [-0.1, -0.05) is 11.6 Å². The third-order valence-corrected chi connectivity index (χ3v) is 6.66. The predicted octanol–water partition coefficient (Wildman–Crippen LogP) is 3.40. The molecule has 10 nitrogen and oxygen atoms in total. The van der Waals surface area contributed by atoms with Crippen LogP contribution in [0.5, 0.6) is 5.75 Å². The van der Waals surface area contributed by atoms with Crippen LogP contribution in [0.3, 0.4) is 0 Å². The molecule has 2 aliphatic heterocycles. The van der Waals surface area contributed by atoms with Crippen molar-refractivity contribution in [3.8, 4) is 5.75 Å². The highest BCUT2D eigenvalue weighted by Crippen LogP contribution is 2.40. The number of morpholine rings is 1. The SMILES string of the molecule is COc1ccc(C(O)=C2C(=O)C(=O)N(CCCN3CCOCC3)[C@H]2c2ccc([N+](=O)[O-])cc2)cc1Cl. The number of nitrogens with zero attached hydrogens (tertiary/aromatic N) is 3. The summed E-state index contributed by atoms with van der Waals surface area (Å²) in [6, 6.07) is 9.26. The number of carbonyl (C=O) groups excluding carboxylic acids is 2. The van der Waals surface area contributed by atoms with E-state index in [0.717, 1.165) is 13.1 Å². The van der Waals surface area contributed by atoms with Crippen LogP contribution >= 0.6 is 11.6 Å². The molecule has 2 fully saturated rings. The fourth-order valence-electron chi connectivity index (χ4n) is 4.49. The molecule has 0 bridgehead atoms. The van der Waals surface area contributed by atoms with Gasteiger partial charge >= 0.3 is 0 Å². The molecule has 1 atom stereocenters. The number of hydrogen-bond donors (Lipinski definition) is 1. The first-order valence-electron chi connectivity index (χ1n) is 11.5. The number of non-ortho nitro benzene ring substituents is 1. The van der Waals surface area contributed by atoms with Gasteiger partial charge in [0.1, 0.15) is 11.5 Å². The van der Waals surface area contributed by atoms with E-state index in [2.05, 4.69) is 4.90 Å². The first-order valence-corrected chi connectivity index (χ1v) is 11.9. The van der Waals surface area contributed by atoms with Crippen LogP contribution in [0.25, 0.3) is 5.76 Å². The molecule has 4 rings (SSSR count). The molecule has 1 amide bonds. The number of amides is 1. The monoisotopic (exact) mass is 515 g/mol. The third kappa shape index (κ3) is 5.20. The van der Waals surface area contributed by atoms with Crippen LogP contribution in [-0.4, -0.2) is 78.0 Å². The zero-order valence-electron chi connectivity index (χ0n) is 19.7. The lowest BCUT2D eigenvalue weighted by Gasteiger charge is -2.29. The van der Waals surface area contributed by atoms with Crippen molar-refractivity contribution >= 4 is 34.7 Å². The van der Waals surface area contributed by atoms with Gasteiger partial charge in [0.15, 0.2) is 0 Å². The van der Waals surface area contributed by atoms with Gasteiger partial charge in [-0.3, -0.25) is 24.6 Å². The number of carbonyl (C=O) groups is 2. The summed E-state index contributed by atoms with van der Waals surface area (Å²) in [6.45, 7) is 3.87. The van der Waals surface area contributed by atoms with E-state index in [-0.39, 0.29) is 34.2 Å². The van der Waals surface area contributed by atoms with Crippen molar-refractivity contribution in [1.82, 2.24) is 9.80 Å². The fraction of sp³-hybridized carbons (Fsp3) is 0.360. The Labute approximate surface area is 212 Å². The van der Waals surface area contributed by atoms with Gasteiger partial charge in [-0.05, 0) is 42.3 Å². The Bertz CT molecular complexity index is 1190. The van der Waals surface area contributed by atoms with Crippen molar-refractivity contribution in [3.05, 3.63) is 74.3 Å². The molecule has 2 heterocycles. The zero-order chi connectivity index (χ0) is 25.8. The topological polar surface area (TPSA) is 122 Å². The number of aliphatic hydroxyl groups excluding tert-OH is 1. The molecule has 1 N–H and O–H groups in total. The van der Waals surface area contributed by atoms with E-state index in [4.69, 9.17) is 21.1 Å². The molecular weight excluding hydrogens is 490 g/mol. The molecule has 36 heavy (non-hydrogen) atoms. The van der Waals surface area contributed by atoms with E-state index in [0.29, 0.717) is 37.5 Å². The second kappa shape index (κ2) is 11.1. The molecule has 2 aliphatic rings. The van der Waals surface area contributed by atoms with Gasteiger partial charge < -0.3 is 19.5 Å². The number of ketones is 1. The summed E-state index contributed by atoms with van der Waals surface area (Å²) in [7, 11) is 1.46. The summed E-state index contributed by atoms with van der Waals surface area (Å²) < 4.78 is 10.5. The van der Waals surface area contributed by atoms with Crippen molar-refractivity contribution in [1.29, 1.82) is 0 Å². The Hall–Kier alpha value is -3.47. The van der Waals surface area contributed by atoms with Gasteiger partial charge in [-0.25, -0.2) is 0 Å².